The number of carbonyl (C=O) groups excluding carboxylic acids is 2. The summed E-state index contributed by atoms with van der Waals surface area (Å²) < 4.78 is 11.1. The minimum atomic E-state index is -0.0226. The van der Waals surface area contributed by atoms with Crippen LogP contribution in [0.15, 0.2) is 38.7 Å². The highest BCUT2D eigenvalue weighted by molar-refractivity contribution is 7.10. The molecule has 5 heterocycles. The van der Waals surface area contributed by atoms with E-state index in [1.807, 2.05) is 9.80 Å². The molecule has 0 aliphatic carbocycles. The molecule has 3 aromatic rings. The summed E-state index contributed by atoms with van der Waals surface area (Å²) in [4.78, 5) is 36.4. The first-order valence-electron chi connectivity index (χ1n) is 10.9. The molecule has 9 nitrogen and oxygen atoms in total. The zero-order valence-electron chi connectivity index (χ0n) is 18.0. The number of thiophene rings is 1. The van der Waals surface area contributed by atoms with Crippen molar-refractivity contribution in [2.45, 2.75) is 25.8 Å². The lowest BCUT2D eigenvalue weighted by atomic mass is 10.1. The summed E-state index contributed by atoms with van der Waals surface area (Å²) in [5.41, 5.74) is 1.42. The fourth-order valence-corrected chi connectivity index (χ4v) is 5.14. The summed E-state index contributed by atoms with van der Waals surface area (Å²) in [6.45, 7) is 3.40. The van der Waals surface area contributed by atoms with Gasteiger partial charge in [0, 0.05) is 57.0 Å². The van der Waals surface area contributed by atoms with Crippen LogP contribution in [0.1, 0.15) is 29.0 Å². The van der Waals surface area contributed by atoms with E-state index in [0.29, 0.717) is 44.4 Å². The predicted octanol–water partition coefficient (Wildman–Crippen LogP) is 2.88. The van der Waals surface area contributed by atoms with Crippen LogP contribution in [-0.2, 0) is 22.6 Å². The summed E-state index contributed by atoms with van der Waals surface area (Å²) in [6, 6.07) is 7.59. The Morgan fingerprint density at radius 2 is 1.88 bits per heavy atom. The maximum absolute atomic E-state index is 12.7. The molecule has 33 heavy (non-hydrogen) atoms. The predicted molar refractivity (Wildman–Crippen MR) is 120 cm³/mol. The number of nitriles is 1. The Kier molecular flexibility index (Phi) is 5.88. The van der Waals surface area contributed by atoms with Gasteiger partial charge >= 0.3 is 0 Å². The van der Waals surface area contributed by atoms with Crippen molar-refractivity contribution in [3.8, 4) is 17.7 Å². The molecule has 2 aliphatic heterocycles. The number of oxazole rings is 1. The van der Waals surface area contributed by atoms with Gasteiger partial charge in [-0.1, -0.05) is 0 Å². The average Bonchev–Trinajstić information content (AvgIpc) is 3.61. The highest BCUT2D eigenvalue weighted by Gasteiger charge is 2.28. The molecule has 1 fully saturated rings. The van der Waals surface area contributed by atoms with Crippen LogP contribution in [0, 0.1) is 11.3 Å². The molecular weight excluding hydrogens is 442 g/mol. The number of fused-ring (bicyclic) bond motifs is 1. The van der Waals surface area contributed by atoms with Crippen LogP contribution in [0.25, 0.3) is 11.7 Å². The van der Waals surface area contributed by atoms with E-state index in [2.05, 4.69) is 22.5 Å². The highest BCUT2D eigenvalue weighted by atomic mass is 32.1. The normalized spacial score (nSPS) is 15.9. The van der Waals surface area contributed by atoms with Gasteiger partial charge in [0.05, 0.1) is 6.26 Å². The molecule has 2 amide bonds. The van der Waals surface area contributed by atoms with Crippen molar-refractivity contribution in [2.75, 3.05) is 37.6 Å². The van der Waals surface area contributed by atoms with Crippen molar-refractivity contribution in [1.82, 2.24) is 14.8 Å². The van der Waals surface area contributed by atoms with Crippen LogP contribution in [0.2, 0.25) is 0 Å². The zero-order chi connectivity index (χ0) is 22.8. The third-order valence-electron chi connectivity index (χ3n) is 6.08. The second kappa shape index (κ2) is 9.11. The quantitative estimate of drug-likeness (QED) is 0.570. The Labute approximate surface area is 194 Å². The van der Waals surface area contributed by atoms with Gasteiger partial charge in [-0.15, -0.1) is 11.3 Å². The maximum Gasteiger partial charge on any atom is 0.266 e. The molecule has 0 unspecified atom stereocenters. The van der Waals surface area contributed by atoms with Crippen LogP contribution in [-0.4, -0.2) is 59.3 Å². The molecule has 0 radical (unpaired) electrons. The number of aromatic nitrogens is 1. The highest BCUT2D eigenvalue weighted by Crippen LogP contribution is 2.29. The SMILES string of the molecule is N#Cc1nc(-c2ccco2)oc1N1CCN(C(=O)CCC(=O)N2CCc3sccc3C2)CC1. The third-order valence-corrected chi connectivity index (χ3v) is 7.10. The van der Waals surface area contributed by atoms with Gasteiger partial charge in [-0.3, -0.25) is 9.59 Å². The molecule has 10 heteroatoms. The molecule has 2 aliphatic rings. The van der Waals surface area contributed by atoms with Gasteiger partial charge in [-0.25, -0.2) is 0 Å². The number of hydrogen-bond donors (Lipinski definition) is 0. The molecule has 0 saturated carbocycles. The first kappa shape index (κ1) is 21.3. The molecule has 0 bridgehead atoms. The summed E-state index contributed by atoms with van der Waals surface area (Å²) in [5.74, 6) is 1.12. The minimum absolute atomic E-state index is 0.0226. The largest absolute Gasteiger partial charge is 0.459 e. The van der Waals surface area contributed by atoms with Gasteiger partial charge in [0.1, 0.15) is 6.07 Å². The van der Waals surface area contributed by atoms with E-state index in [0.717, 1.165) is 13.0 Å². The van der Waals surface area contributed by atoms with E-state index in [4.69, 9.17) is 8.83 Å². The van der Waals surface area contributed by atoms with Crippen molar-refractivity contribution >= 4 is 29.0 Å². The smallest absolute Gasteiger partial charge is 0.266 e. The lowest BCUT2D eigenvalue weighted by Gasteiger charge is -2.34. The molecular formula is C23H23N5O4S. The zero-order valence-corrected chi connectivity index (χ0v) is 18.8. The summed E-state index contributed by atoms with van der Waals surface area (Å²) in [5, 5.41) is 11.5. The van der Waals surface area contributed by atoms with Crippen LogP contribution in [0.5, 0.6) is 0 Å². The number of hydrogen-bond acceptors (Lipinski definition) is 8. The molecule has 0 N–H and O–H groups in total. The van der Waals surface area contributed by atoms with Gasteiger partial charge in [-0.2, -0.15) is 10.2 Å². The van der Waals surface area contributed by atoms with Gasteiger partial charge in [0.2, 0.25) is 23.4 Å². The van der Waals surface area contributed by atoms with E-state index in [1.54, 1.807) is 28.4 Å². The van der Waals surface area contributed by atoms with Crippen LogP contribution in [0.3, 0.4) is 0 Å². The molecule has 0 atom stereocenters. The number of piperazine rings is 1. The second-order valence-corrected chi connectivity index (χ2v) is 9.06. The molecule has 0 aromatic carbocycles. The maximum atomic E-state index is 12.7. The molecule has 3 aromatic heterocycles. The topological polar surface area (TPSA) is 107 Å². The number of rotatable bonds is 5. The van der Waals surface area contributed by atoms with Crippen LogP contribution < -0.4 is 4.90 Å². The van der Waals surface area contributed by atoms with Crippen molar-refractivity contribution in [3.63, 3.8) is 0 Å². The Balaban J connectivity index is 1.13. The molecule has 5 rings (SSSR count). The first-order chi connectivity index (χ1) is 16.1. The van der Waals surface area contributed by atoms with E-state index >= 15 is 0 Å². The van der Waals surface area contributed by atoms with E-state index < -0.39 is 0 Å². The molecule has 0 spiro atoms. The van der Waals surface area contributed by atoms with Gasteiger partial charge in [-0.05, 0) is 35.6 Å². The summed E-state index contributed by atoms with van der Waals surface area (Å²) >= 11 is 1.74. The average molecular weight is 466 g/mol. The van der Waals surface area contributed by atoms with Crippen molar-refractivity contribution in [1.29, 1.82) is 5.26 Å². The minimum Gasteiger partial charge on any atom is -0.459 e. The number of anilines is 1. The Hall–Kier alpha value is -3.58. The van der Waals surface area contributed by atoms with Gasteiger partial charge in [0.15, 0.2) is 5.76 Å². The molecule has 170 valence electrons. The standard InChI is InChI=1S/C23H23N5O4S/c24-14-17-23(32-22(25-17)18-2-1-12-31-18)27-10-8-26(9-11-27)20(29)3-4-21(30)28-7-5-19-16(15-28)6-13-33-19/h1-2,6,12-13H,3-5,7-11,15H2. The van der Waals surface area contributed by atoms with Gasteiger partial charge < -0.3 is 23.5 Å². The van der Waals surface area contributed by atoms with E-state index in [-0.39, 0.29) is 36.2 Å². The number of amides is 2. The number of nitrogens with zero attached hydrogens (tertiary/aromatic N) is 5. The van der Waals surface area contributed by atoms with Gasteiger partial charge in [0.25, 0.3) is 5.89 Å². The van der Waals surface area contributed by atoms with Crippen LogP contribution in [0.4, 0.5) is 5.88 Å². The Morgan fingerprint density at radius 3 is 2.61 bits per heavy atom. The fourth-order valence-electron chi connectivity index (χ4n) is 4.26. The summed E-state index contributed by atoms with van der Waals surface area (Å²) in [7, 11) is 0. The lowest BCUT2D eigenvalue weighted by Crippen LogP contribution is -2.49. The van der Waals surface area contributed by atoms with Crippen molar-refractivity contribution < 1.29 is 18.4 Å². The monoisotopic (exact) mass is 465 g/mol. The fraction of sp³-hybridized carbons (Fsp3) is 0.391. The third kappa shape index (κ3) is 4.36. The Bertz CT molecular complexity index is 1180. The molecule has 1 saturated heterocycles. The van der Waals surface area contributed by atoms with E-state index in [1.165, 1.54) is 16.7 Å². The Morgan fingerprint density at radius 1 is 1.09 bits per heavy atom. The van der Waals surface area contributed by atoms with E-state index in [9.17, 15) is 14.9 Å². The number of furan rings is 1. The second-order valence-electron chi connectivity index (χ2n) is 8.06. The first-order valence-corrected chi connectivity index (χ1v) is 11.8. The van der Waals surface area contributed by atoms with Crippen LogP contribution >= 0.6 is 11.3 Å². The summed E-state index contributed by atoms with van der Waals surface area (Å²) in [6.07, 6.45) is 2.85. The number of carbonyl (C=O) groups is 2. The lowest BCUT2D eigenvalue weighted by molar-refractivity contribution is -0.137. The van der Waals surface area contributed by atoms with Crippen molar-refractivity contribution in [2.24, 2.45) is 0 Å². The van der Waals surface area contributed by atoms with Crippen molar-refractivity contribution in [3.05, 3.63) is 46.0 Å².